The summed E-state index contributed by atoms with van der Waals surface area (Å²) in [5.74, 6) is 0.629. The number of rotatable bonds is 6. The number of benzene rings is 2. The Balaban J connectivity index is 1.51. The number of nitrogens with zero attached hydrogens (tertiary/aromatic N) is 4. The van der Waals surface area contributed by atoms with Crippen molar-refractivity contribution in [3.63, 3.8) is 0 Å². The number of fused-ring (bicyclic) bond motifs is 2. The summed E-state index contributed by atoms with van der Waals surface area (Å²) in [6.07, 6.45) is 0. The van der Waals surface area contributed by atoms with Crippen LogP contribution in [0, 0.1) is 5.82 Å². The van der Waals surface area contributed by atoms with Crippen molar-refractivity contribution >= 4 is 28.7 Å². The lowest BCUT2D eigenvalue weighted by molar-refractivity contribution is 0.102. The van der Waals surface area contributed by atoms with Gasteiger partial charge in [0.25, 0.3) is 5.56 Å². The summed E-state index contributed by atoms with van der Waals surface area (Å²) >= 11 is 1.16. The summed E-state index contributed by atoms with van der Waals surface area (Å²) in [6, 6.07) is 10.9. The molecule has 180 valence electrons. The zero-order valence-electron chi connectivity index (χ0n) is 19.0. The van der Waals surface area contributed by atoms with Crippen molar-refractivity contribution in [3.8, 4) is 11.5 Å². The molecule has 11 heteroatoms. The molecule has 0 aliphatic carbocycles. The van der Waals surface area contributed by atoms with Gasteiger partial charge in [-0.25, -0.2) is 14.2 Å². The molecular weight excluding hydrogens is 475 g/mol. The Morgan fingerprint density at radius 3 is 2.49 bits per heavy atom. The Morgan fingerprint density at radius 2 is 1.74 bits per heavy atom. The summed E-state index contributed by atoms with van der Waals surface area (Å²) in [5.41, 5.74) is 0.649. The number of aryl methyl sites for hydroxylation is 1. The van der Waals surface area contributed by atoms with Crippen molar-refractivity contribution < 1.29 is 18.7 Å². The third kappa shape index (κ3) is 4.23. The Kier molecular flexibility index (Phi) is 5.93. The summed E-state index contributed by atoms with van der Waals surface area (Å²) in [7, 11) is 2.94. The molecule has 0 amide bonds. The van der Waals surface area contributed by atoms with Crippen LogP contribution in [0.5, 0.6) is 11.5 Å². The van der Waals surface area contributed by atoms with Crippen LogP contribution in [-0.2, 0) is 20.6 Å². The highest BCUT2D eigenvalue weighted by Gasteiger charge is 2.21. The molecule has 0 fully saturated rings. The fourth-order valence-corrected chi connectivity index (χ4v) is 4.78. The van der Waals surface area contributed by atoms with Gasteiger partial charge in [-0.05, 0) is 35.9 Å². The third-order valence-corrected chi connectivity index (χ3v) is 6.74. The van der Waals surface area contributed by atoms with Crippen LogP contribution in [0.3, 0.4) is 0 Å². The van der Waals surface area contributed by atoms with Crippen LogP contribution in [-0.4, -0.2) is 43.4 Å². The molecule has 9 nitrogen and oxygen atoms in total. The number of thioether (sulfide) groups is 1. The van der Waals surface area contributed by atoms with Gasteiger partial charge in [-0.3, -0.25) is 18.7 Å². The van der Waals surface area contributed by atoms with Gasteiger partial charge in [-0.15, -0.1) is 0 Å². The van der Waals surface area contributed by atoms with E-state index in [0.717, 1.165) is 21.9 Å². The first-order valence-electron chi connectivity index (χ1n) is 10.8. The minimum atomic E-state index is -0.502. The molecule has 4 aromatic rings. The average molecular weight is 497 g/mol. The predicted molar refractivity (Wildman–Crippen MR) is 128 cm³/mol. The molecule has 3 heterocycles. The van der Waals surface area contributed by atoms with Gasteiger partial charge in [0.15, 0.2) is 33.6 Å². The minimum absolute atomic E-state index is 0.0423. The molecular formula is C24H21FN4O5S. The summed E-state index contributed by atoms with van der Waals surface area (Å²) < 4.78 is 28.5. The first-order valence-corrected chi connectivity index (χ1v) is 11.8. The number of ketones is 1. The second kappa shape index (κ2) is 9.06. The Labute approximate surface area is 202 Å². The van der Waals surface area contributed by atoms with Crippen LogP contribution < -0.4 is 20.7 Å². The normalized spacial score (nSPS) is 12.8. The topological polar surface area (TPSA) is 97.3 Å². The van der Waals surface area contributed by atoms with Crippen molar-refractivity contribution in [2.45, 2.75) is 11.7 Å². The van der Waals surface area contributed by atoms with E-state index in [1.54, 1.807) is 34.9 Å². The maximum atomic E-state index is 13.4. The molecule has 0 saturated carbocycles. The number of Topliss-reactive ketones (excluding diaryl/α,β-unsaturated/α-hetero) is 1. The van der Waals surface area contributed by atoms with Gasteiger partial charge in [0.1, 0.15) is 19.0 Å². The number of carbonyl (C=O) groups excluding carboxylic acids is 1. The summed E-state index contributed by atoms with van der Waals surface area (Å²) in [4.78, 5) is 42.9. The largest absolute Gasteiger partial charge is 0.486 e. The zero-order valence-corrected chi connectivity index (χ0v) is 19.8. The molecule has 0 unspecified atom stereocenters. The van der Waals surface area contributed by atoms with Crippen LogP contribution >= 0.6 is 11.8 Å². The van der Waals surface area contributed by atoms with Gasteiger partial charge < -0.3 is 14.0 Å². The molecule has 0 atom stereocenters. The van der Waals surface area contributed by atoms with E-state index in [-0.39, 0.29) is 35.1 Å². The summed E-state index contributed by atoms with van der Waals surface area (Å²) in [6.45, 7) is 1.09. The number of halogens is 1. The third-order valence-electron chi connectivity index (χ3n) is 5.76. The first-order chi connectivity index (χ1) is 16.8. The maximum Gasteiger partial charge on any atom is 0.332 e. The highest BCUT2D eigenvalue weighted by atomic mass is 32.2. The number of ether oxygens (including phenoxy) is 2. The van der Waals surface area contributed by atoms with Gasteiger partial charge >= 0.3 is 5.69 Å². The SMILES string of the molecule is Cn1c(=O)c2c(nc(SCC(=O)c3ccc4c(c3)OCCO4)n2Cc2ccc(F)cc2)n(C)c1=O. The van der Waals surface area contributed by atoms with Gasteiger partial charge in [0.2, 0.25) is 0 Å². The van der Waals surface area contributed by atoms with Crippen molar-refractivity contribution in [3.05, 3.63) is 80.2 Å². The van der Waals surface area contributed by atoms with E-state index >= 15 is 0 Å². The van der Waals surface area contributed by atoms with Crippen molar-refractivity contribution in [2.75, 3.05) is 19.0 Å². The lowest BCUT2D eigenvalue weighted by atomic mass is 10.1. The van der Waals surface area contributed by atoms with Crippen LogP contribution in [0.2, 0.25) is 0 Å². The van der Waals surface area contributed by atoms with E-state index in [0.29, 0.717) is 35.4 Å². The van der Waals surface area contributed by atoms with Gasteiger partial charge in [-0.1, -0.05) is 23.9 Å². The van der Waals surface area contributed by atoms with Crippen LogP contribution in [0.25, 0.3) is 11.2 Å². The molecule has 0 bridgehead atoms. The Hall–Kier alpha value is -3.86. The smallest absolute Gasteiger partial charge is 0.332 e. The van der Waals surface area contributed by atoms with E-state index < -0.39 is 11.2 Å². The molecule has 0 saturated heterocycles. The molecule has 2 aromatic carbocycles. The lowest BCUT2D eigenvalue weighted by Gasteiger charge is -2.18. The molecule has 1 aliphatic heterocycles. The van der Waals surface area contributed by atoms with E-state index in [9.17, 15) is 18.8 Å². The minimum Gasteiger partial charge on any atom is -0.486 e. The molecule has 0 spiro atoms. The monoisotopic (exact) mass is 496 g/mol. The number of carbonyl (C=O) groups is 1. The summed E-state index contributed by atoms with van der Waals surface area (Å²) in [5, 5.41) is 0.397. The highest BCUT2D eigenvalue weighted by molar-refractivity contribution is 7.99. The van der Waals surface area contributed by atoms with E-state index in [1.165, 1.54) is 30.8 Å². The molecule has 2 aromatic heterocycles. The van der Waals surface area contributed by atoms with Gasteiger partial charge in [-0.2, -0.15) is 0 Å². The number of hydrogen-bond donors (Lipinski definition) is 0. The molecule has 0 radical (unpaired) electrons. The Bertz CT molecular complexity index is 1570. The average Bonchev–Trinajstić information content (AvgIpc) is 3.23. The van der Waals surface area contributed by atoms with Crippen LogP contribution in [0.1, 0.15) is 15.9 Å². The number of hydrogen-bond acceptors (Lipinski definition) is 7. The standard InChI is InChI=1S/C24H21FN4O5S/c1-27-21-20(22(31)28(2)24(27)32)29(12-14-3-6-16(25)7-4-14)23(26-21)35-13-17(30)15-5-8-18-19(11-15)34-10-9-33-18/h3-8,11H,9-10,12-13H2,1-2H3. The van der Waals surface area contributed by atoms with Crippen molar-refractivity contribution in [1.82, 2.24) is 18.7 Å². The lowest BCUT2D eigenvalue weighted by Crippen LogP contribution is -2.37. The molecule has 35 heavy (non-hydrogen) atoms. The zero-order chi connectivity index (χ0) is 24.7. The van der Waals surface area contributed by atoms with Crippen molar-refractivity contribution in [1.29, 1.82) is 0 Å². The fraction of sp³-hybridized carbons (Fsp3) is 0.250. The van der Waals surface area contributed by atoms with Gasteiger partial charge in [0.05, 0.1) is 12.3 Å². The second-order valence-corrected chi connectivity index (χ2v) is 9.00. The number of imidazole rings is 1. The Morgan fingerprint density at radius 1 is 1.03 bits per heavy atom. The molecule has 1 aliphatic rings. The van der Waals surface area contributed by atoms with Crippen molar-refractivity contribution in [2.24, 2.45) is 14.1 Å². The van der Waals surface area contributed by atoms with Crippen LogP contribution in [0.15, 0.2) is 57.2 Å². The first kappa shape index (κ1) is 22.9. The van der Waals surface area contributed by atoms with Crippen LogP contribution in [0.4, 0.5) is 4.39 Å². The predicted octanol–water partition coefficient (Wildman–Crippen LogP) is 2.37. The van der Waals surface area contributed by atoms with E-state index in [2.05, 4.69) is 4.98 Å². The van der Waals surface area contributed by atoms with E-state index in [4.69, 9.17) is 9.47 Å². The van der Waals surface area contributed by atoms with Gasteiger partial charge in [0, 0.05) is 19.7 Å². The number of aromatic nitrogens is 4. The quantitative estimate of drug-likeness (QED) is 0.299. The molecule has 0 N–H and O–H groups in total. The highest BCUT2D eigenvalue weighted by Crippen LogP contribution is 2.31. The maximum absolute atomic E-state index is 13.4. The fourth-order valence-electron chi connectivity index (χ4n) is 3.89. The second-order valence-electron chi connectivity index (χ2n) is 8.06. The molecule has 5 rings (SSSR count). The van der Waals surface area contributed by atoms with E-state index in [1.807, 2.05) is 0 Å².